The first kappa shape index (κ1) is 12.1. The second kappa shape index (κ2) is 4.12. The van der Waals surface area contributed by atoms with E-state index >= 15 is 0 Å². The molecular weight excluding hydrogens is 243 g/mol. The van der Waals surface area contributed by atoms with Crippen LogP contribution in [0.15, 0.2) is 18.2 Å². The monoisotopic (exact) mass is 258 g/mol. The molecule has 1 nitrogen and oxygen atoms in total. The van der Waals surface area contributed by atoms with Crippen LogP contribution in [0.3, 0.4) is 0 Å². The van der Waals surface area contributed by atoms with E-state index in [1.54, 1.807) is 0 Å². The number of hydrogen-bond donors (Lipinski definition) is 0. The summed E-state index contributed by atoms with van der Waals surface area (Å²) >= 11 is 12.3. The molecule has 1 aromatic carbocycles. The third-order valence-electron chi connectivity index (χ3n) is 3.41. The zero-order valence-corrected chi connectivity index (χ0v) is 11.3. The Morgan fingerprint density at radius 3 is 2.56 bits per heavy atom. The summed E-state index contributed by atoms with van der Waals surface area (Å²) in [6.07, 6.45) is 1.05. The number of benzene rings is 1. The molecule has 0 aliphatic heterocycles. The molecule has 1 saturated carbocycles. The van der Waals surface area contributed by atoms with E-state index in [1.807, 2.05) is 25.1 Å². The van der Waals surface area contributed by atoms with E-state index in [0.29, 0.717) is 5.02 Å². The van der Waals surface area contributed by atoms with Gasteiger partial charge in [0, 0.05) is 17.2 Å². The van der Waals surface area contributed by atoms with Gasteiger partial charge in [-0.25, -0.2) is 0 Å². The van der Waals surface area contributed by atoms with Gasteiger partial charge in [-0.1, -0.05) is 31.5 Å². The van der Waals surface area contributed by atoms with E-state index in [4.69, 9.17) is 27.9 Å². The van der Waals surface area contributed by atoms with E-state index in [9.17, 15) is 0 Å². The van der Waals surface area contributed by atoms with E-state index in [-0.39, 0.29) is 16.9 Å². The predicted octanol–water partition coefficient (Wildman–Crippen LogP) is 4.43. The highest BCUT2D eigenvalue weighted by Gasteiger charge is 2.49. The Balaban J connectivity index is 2.11. The molecule has 1 aromatic rings. The summed E-state index contributed by atoms with van der Waals surface area (Å²) in [5, 5.41) is 0.871. The van der Waals surface area contributed by atoms with Crippen LogP contribution in [0.2, 0.25) is 5.02 Å². The lowest BCUT2D eigenvalue weighted by Gasteiger charge is -2.48. The minimum absolute atomic E-state index is 0.0236. The van der Waals surface area contributed by atoms with Crippen molar-refractivity contribution in [3.05, 3.63) is 28.8 Å². The molecule has 0 saturated heterocycles. The standard InChI is InChI=1S/C13H16Cl2O/c1-8-4-5-10(9(14)6-8)16-12-7-11(15)13(12,2)3/h4-6,11-12H,7H2,1-3H3. The largest absolute Gasteiger partial charge is 0.488 e. The maximum atomic E-state index is 6.15. The highest BCUT2D eigenvalue weighted by atomic mass is 35.5. The molecule has 0 radical (unpaired) electrons. The van der Waals surface area contributed by atoms with Gasteiger partial charge in [0.05, 0.1) is 5.02 Å². The van der Waals surface area contributed by atoms with Gasteiger partial charge in [-0.15, -0.1) is 11.6 Å². The average molecular weight is 259 g/mol. The fourth-order valence-electron chi connectivity index (χ4n) is 1.89. The molecule has 88 valence electrons. The molecule has 1 aliphatic rings. The molecule has 0 aromatic heterocycles. The molecule has 2 rings (SSSR count). The molecule has 0 spiro atoms. The SMILES string of the molecule is Cc1ccc(OC2CC(Cl)C2(C)C)c(Cl)c1. The maximum absolute atomic E-state index is 6.15. The fourth-order valence-corrected chi connectivity index (χ4v) is 2.47. The Morgan fingerprint density at radius 1 is 1.38 bits per heavy atom. The van der Waals surface area contributed by atoms with Crippen LogP contribution in [0.4, 0.5) is 0 Å². The number of ether oxygens (including phenoxy) is 1. The number of halogens is 2. The molecular formula is C13H16Cl2O. The first-order chi connectivity index (χ1) is 7.41. The summed E-state index contributed by atoms with van der Waals surface area (Å²) < 4.78 is 5.91. The van der Waals surface area contributed by atoms with Crippen molar-refractivity contribution >= 4 is 23.2 Å². The minimum atomic E-state index is 0.0236. The molecule has 1 aliphatic carbocycles. The van der Waals surface area contributed by atoms with Crippen LogP contribution in [-0.4, -0.2) is 11.5 Å². The summed E-state index contributed by atoms with van der Waals surface area (Å²) in [4.78, 5) is 0. The molecule has 16 heavy (non-hydrogen) atoms. The van der Waals surface area contributed by atoms with Crippen LogP contribution >= 0.6 is 23.2 Å². The molecule has 0 heterocycles. The predicted molar refractivity (Wildman–Crippen MR) is 68.6 cm³/mol. The van der Waals surface area contributed by atoms with E-state index in [0.717, 1.165) is 17.7 Å². The second-order valence-corrected chi connectivity index (χ2v) is 6.00. The van der Waals surface area contributed by atoms with Crippen LogP contribution in [0.1, 0.15) is 25.8 Å². The maximum Gasteiger partial charge on any atom is 0.138 e. The number of aryl methyl sites for hydroxylation is 1. The van der Waals surface area contributed by atoms with Gasteiger partial charge in [-0.2, -0.15) is 0 Å². The third-order valence-corrected chi connectivity index (χ3v) is 4.45. The van der Waals surface area contributed by atoms with Crippen LogP contribution < -0.4 is 4.74 Å². The lowest BCUT2D eigenvalue weighted by molar-refractivity contribution is -0.0129. The second-order valence-electron chi connectivity index (χ2n) is 5.06. The highest BCUT2D eigenvalue weighted by molar-refractivity contribution is 6.32. The van der Waals surface area contributed by atoms with Gasteiger partial charge in [-0.05, 0) is 24.6 Å². The topological polar surface area (TPSA) is 9.23 Å². The smallest absolute Gasteiger partial charge is 0.138 e. The number of hydrogen-bond acceptors (Lipinski definition) is 1. The molecule has 0 amide bonds. The van der Waals surface area contributed by atoms with Gasteiger partial charge >= 0.3 is 0 Å². The van der Waals surface area contributed by atoms with E-state index < -0.39 is 0 Å². The van der Waals surface area contributed by atoms with Crippen molar-refractivity contribution in [3.63, 3.8) is 0 Å². The Labute approximate surface area is 107 Å². The Morgan fingerprint density at radius 2 is 2.06 bits per heavy atom. The zero-order valence-electron chi connectivity index (χ0n) is 9.76. The lowest BCUT2D eigenvalue weighted by atomic mass is 9.68. The van der Waals surface area contributed by atoms with Gasteiger partial charge < -0.3 is 4.74 Å². The molecule has 0 N–H and O–H groups in total. The van der Waals surface area contributed by atoms with E-state index in [2.05, 4.69) is 13.8 Å². The van der Waals surface area contributed by atoms with Gasteiger partial charge in [0.25, 0.3) is 0 Å². The molecule has 2 unspecified atom stereocenters. The van der Waals surface area contributed by atoms with Crippen LogP contribution in [-0.2, 0) is 0 Å². The Hall–Kier alpha value is -0.400. The summed E-state index contributed by atoms with van der Waals surface area (Å²) in [6.45, 7) is 6.26. The minimum Gasteiger partial charge on any atom is -0.488 e. The first-order valence-corrected chi connectivity index (χ1v) is 6.29. The van der Waals surface area contributed by atoms with Crippen LogP contribution in [0.5, 0.6) is 5.75 Å². The zero-order chi connectivity index (χ0) is 11.9. The molecule has 3 heteroatoms. The normalized spacial score (nSPS) is 27.3. The van der Waals surface area contributed by atoms with Crippen molar-refractivity contribution in [2.24, 2.45) is 5.41 Å². The Kier molecular flexibility index (Phi) is 3.11. The summed E-state index contributed by atoms with van der Waals surface area (Å²) in [5.41, 5.74) is 1.16. The van der Waals surface area contributed by atoms with Gasteiger partial charge in [0.1, 0.15) is 11.9 Å². The lowest BCUT2D eigenvalue weighted by Crippen LogP contribution is -2.53. The number of alkyl halides is 1. The van der Waals surface area contributed by atoms with Crippen molar-refractivity contribution in [3.8, 4) is 5.75 Å². The molecule has 1 fully saturated rings. The number of rotatable bonds is 2. The van der Waals surface area contributed by atoms with Crippen molar-refractivity contribution in [2.75, 3.05) is 0 Å². The Bertz CT molecular complexity index is 401. The fraction of sp³-hybridized carbons (Fsp3) is 0.538. The van der Waals surface area contributed by atoms with Gasteiger partial charge in [-0.3, -0.25) is 0 Å². The highest BCUT2D eigenvalue weighted by Crippen LogP contribution is 2.47. The van der Waals surface area contributed by atoms with E-state index in [1.165, 1.54) is 0 Å². The summed E-state index contributed by atoms with van der Waals surface area (Å²) in [6, 6.07) is 5.85. The quantitative estimate of drug-likeness (QED) is 0.714. The van der Waals surface area contributed by atoms with Gasteiger partial charge in [0.2, 0.25) is 0 Å². The third kappa shape index (κ3) is 2.03. The van der Waals surface area contributed by atoms with Crippen molar-refractivity contribution in [2.45, 2.75) is 38.7 Å². The van der Waals surface area contributed by atoms with Crippen LogP contribution in [0, 0.1) is 12.3 Å². The van der Waals surface area contributed by atoms with Crippen LogP contribution in [0.25, 0.3) is 0 Å². The summed E-state index contributed by atoms with van der Waals surface area (Å²) in [5.74, 6) is 0.758. The molecule has 2 atom stereocenters. The molecule has 0 bridgehead atoms. The summed E-state index contributed by atoms with van der Waals surface area (Å²) in [7, 11) is 0. The van der Waals surface area contributed by atoms with Crippen molar-refractivity contribution < 1.29 is 4.74 Å². The first-order valence-electron chi connectivity index (χ1n) is 5.48. The van der Waals surface area contributed by atoms with Crippen molar-refractivity contribution in [1.82, 2.24) is 0 Å². The van der Waals surface area contributed by atoms with Gasteiger partial charge in [0.15, 0.2) is 0 Å². The van der Waals surface area contributed by atoms with Crippen molar-refractivity contribution in [1.29, 1.82) is 0 Å². The average Bonchev–Trinajstić information content (AvgIpc) is 2.21.